The van der Waals surface area contributed by atoms with Crippen LogP contribution in [0.4, 0.5) is 0 Å². The van der Waals surface area contributed by atoms with E-state index < -0.39 is 0 Å². The van der Waals surface area contributed by atoms with Crippen molar-refractivity contribution in [1.82, 2.24) is 5.32 Å². The van der Waals surface area contributed by atoms with Crippen LogP contribution in [0.5, 0.6) is 0 Å². The van der Waals surface area contributed by atoms with E-state index in [0.29, 0.717) is 6.04 Å². The second-order valence-corrected chi connectivity index (χ2v) is 3.97. The van der Waals surface area contributed by atoms with Crippen LogP contribution in [-0.4, -0.2) is 6.54 Å². The maximum Gasteiger partial charge on any atom is 0.0326 e. The van der Waals surface area contributed by atoms with Gasteiger partial charge in [0.15, 0.2) is 0 Å². The second-order valence-electron chi connectivity index (χ2n) is 3.97. The predicted molar refractivity (Wildman–Crippen MR) is 49.0 cm³/mol. The molecule has 1 heteroatoms. The molecular formula is C11H13N. The minimum absolute atomic E-state index is 0.667. The molecule has 3 rings (SSSR count). The summed E-state index contributed by atoms with van der Waals surface area (Å²) in [6.07, 6.45) is 2.65. The molecule has 2 unspecified atom stereocenters. The summed E-state index contributed by atoms with van der Waals surface area (Å²) < 4.78 is 0. The molecule has 0 saturated carbocycles. The van der Waals surface area contributed by atoms with E-state index in [0.717, 1.165) is 5.92 Å². The Kier molecular flexibility index (Phi) is 1.30. The highest BCUT2D eigenvalue weighted by molar-refractivity contribution is 5.34. The molecule has 1 aromatic rings. The molecule has 1 N–H and O–H groups in total. The molecule has 2 bridgehead atoms. The zero-order valence-corrected chi connectivity index (χ0v) is 7.09. The summed E-state index contributed by atoms with van der Waals surface area (Å²) in [6, 6.07) is 9.53. The smallest absolute Gasteiger partial charge is 0.0326 e. The molecule has 62 valence electrons. The van der Waals surface area contributed by atoms with Gasteiger partial charge in [-0.25, -0.2) is 0 Å². The molecule has 1 aliphatic carbocycles. The lowest BCUT2D eigenvalue weighted by molar-refractivity contribution is 0.526. The number of hydrogen-bond donors (Lipinski definition) is 1. The fourth-order valence-corrected chi connectivity index (χ4v) is 2.57. The summed E-state index contributed by atoms with van der Waals surface area (Å²) in [6.45, 7) is 1.22. The average molecular weight is 159 g/mol. The number of nitrogens with one attached hydrogen (secondary N) is 1. The minimum atomic E-state index is 0.667. The molecule has 1 nitrogen and oxygen atoms in total. The van der Waals surface area contributed by atoms with E-state index in [2.05, 4.69) is 29.6 Å². The predicted octanol–water partition coefficient (Wildman–Crippen LogP) is 1.89. The van der Waals surface area contributed by atoms with Crippen LogP contribution in [-0.2, 0) is 6.42 Å². The third-order valence-corrected chi connectivity index (χ3v) is 3.16. The second kappa shape index (κ2) is 2.33. The van der Waals surface area contributed by atoms with Crippen LogP contribution in [0.15, 0.2) is 24.3 Å². The molecule has 12 heavy (non-hydrogen) atoms. The molecule has 1 saturated heterocycles. The molecule has 0 radical (unpaired) electrons. The van der Waals surface area contributed by atoms with E-state index in [1.54, 1.807) is 11.1 Å². The highest BCUT2D eigenvalue weighted by Gasteiger charge is 2.31. The normalized spacial score (nSPS) is 31.7. The van der Waals surface area contributed by atoms with E-state index in [1.165, 1.54) is 19.4 Å². The van der Waals surface area contributed by atoms with Crippen molar-refractivity contribution in [2.45, 2.75) is 18.9 Å². The first-order valence-corrected chi connectivity index (χ1v) is 4.74. The van der Waals surface area contributed by atoms with Crippen LogP contribution < -0.4 is 5.32 Å². The molecule has 0 spiro atoms. The summed E-state index contributed by atoms with van der Waals surface area (Å²) in [5.74, 6) is 0.907. The topological polar surface area (TPSA) is 12.0 Å². The average Bonchev–Trinajstić information content (AvgIpc) is 2.49. The van der Waals surface area contributed by atoms with Crippen molar-refractivity contribution in [3.8, 4) is 0 Å². The first kappa shape index (κ1) is 6.67. The van der Waals surface area contributed by atoms with Crippen molar-refractivity contribution >= 4 is 0 Å². The van der Waals surface area contributed by atoms with Gasteiger partial charge in [0.2, 0.25) is 0 Å². The van der Waals surface area contributed by atoms with E-state index in [4.69, 9.17) is 0 Å². The maximum atomic E-state index is 3.57. The van der Waals surface area contributed by atoms with Gasteiger partial charge in [-0.2, -0.15) is 0 Å². The Hall–Kier alpha value is -0.820. The van der Waals surface area contributed by atoms with Crippen molar-refractivity contribution in [3.63, 3.8) is 0 Å². The summed E-state index contributed by atoms with van der Waals surface area (Å²) in [7, 11) is 0. The van der Waals surface area contributed by atoms with E-state index in [-0.39, 0.29) is 0 Å². The molecule has 1 aliphatic heterocycles. The molecule has 0 amide bonds. The molecule has 1 aromatic carbocycles. The number of rotatable bonds is 0. The molecule has 1 heterocycles. The summed E-state index contributed by atoms with van der Waals surface area (Å²) in [5, 5.41) is 3.57. The van der Waals surface area contributed by atoms with Gasteiger partial charge in [-0.1, -0.05) is 24.3 Å². The van der Waals surface area contributed by atoms with Crippen molar-refractivity contribution in [2.24, 2.45) is 5.92 Å². The highest BCUT2D eigenvalue weighted by atomic mass is 15.0. The zero-order valence-electron chi connectivity index (χ0n) is 7.09. The Bertz CT molecular complexity index is 306. The lowest BCUT2D eigenvalue weighted by Crippen LogP contribution is -2.13. The van der Waals surface area contributed by atoms with Gasteiger partial charge in [-0.15, -0.1) is 0 Å². The third-order valence-electron chi connectivity index (χ3n) is 3.16. The van der Waals surface area contributed by atoms with Crippen LogP contribution in [0.3, 0.4) is 0 Å². The monoisotopic (exact) mass is 159 g/mol. The molecule has 1 fully saturated rings. The highest BCUT2D eigenvalue weighted by Crippen LogP contribution is 2.36. The van der Waals surface area contributed by atoms with Crippen molar-refractivity contribution in [1.29, 1.82) is 0 Å². The molecule has 0 aromatic heterocycles. The Balaban J connectivity index is 2.13. The molecular weight excluding hydrogens is 146 g/mol. The van der Waals surface area contributed by atoms with Gasteiger partial charge in [0.1, 0.15) is 0 Å². The zero-order chi connectivity index (χ0) is 7.97. The fraction of sp³-hybridized carbons (Fsp3) is 0.455. The fourth-order valence-electron chi connectivity index (χ4n) is 2.57. The van der Waals surface area contributed by atoms with Crippen LogP contribution >= 0.6 is 0 Å². The first-order valence-electron chi connectivity index (χ1n) is 4.74. The first-order chi connectivity index (χ1) is 5.93. The van der Waals surface area contributed by atoms with E-state index in [9.17, 15) is 0 Å². The van der Waals surface area contributed by atoms with Gasteiger partial charge in [-0.3, -0.25) is 0 Å². The van der Waals surface area contributed by atoms with Gasteiger partial charge in [-0.05, 0) is 36.4 Å². The van der Waals surface area contributed by atoms with Gasteiger partial charge < -0.3 is 5.32 Å². The Labute approximate surface area is 72.8 Å². The van der Waals surface area contributed by atoms with Gasteiger partial charge in [0, 0.05) is 6.04 Å². The number of hydrogen-bond acceptors (Lipinski definition) is 1. The van der Waals surface area contributed by atoms with E-state index in [1.807, 2.05) is 0 Å². The summed E-state index contributed by atoms with van der Waals surface area (Å²) in [5.41, 5.74) is 3.12. The quantitative estimate of drug-likeness (QED) is 0.609. The van der Waals surface area contributed by atoms with Crippen LogP contribution in [0.25, 0.3) is 0 Å². The molecule has 2 aliphatic rings. The molecule has 2 atom stereocenters. The van der Waals surface area contributed by atoms with Gasteiger partial charge in [0.05, 0.1) is 0 Å². The number of fused-ring (bicyclic) bond motifs is 4. The van der Waals surface area contributed by atoms with Crippen LogP contribution in [0.2, 0.25) is 0 Å². The van der Waals surface area contributed by atoms with Crippen molar-refractivity contribution in [2.75, 3.05) is 6.54 Å². The SMILES string of the molecule is c1ccc2c(c1)CC1CNC2C1. The number of benzene rings is 1. The largest absolute Gasteiger partial charge is 0.310 e. The van der Waals surface area contributed by atoms with E-state index >= 15 is 0 Å². The van der Waals surface area contributed by atoms with Crippen LogP contribution in [0, 0.1) is 5.92 Å². The maximum absolute atomic E-state index is 3.57. The van der Waals surface area contributed by atoms with Gasteiger partial charge in [0.25, 0.3) is 0 Å². The third kappa shape index (κ3) is 0.831. The summed E-state index contributed by atoms with van der Waals surface area (Å²) in [4.78, 5) is 0. The van der Waals surface area contributed by atoms with Gasteiger partial charge >= 0.3 is 0 Å². The minimum Gasteiger partial charge on any atom is -0.310 e. The van der Waals surface area contributed by atoms with Crippen molar-refractivity contribution < 1.29 is 0 Å². The Morgan fingerprint density at radius 1 is 1.25 bits per heavy atom. The standard InChI is InChI=1S/C11H13N/c1-2-4-10-9(3-1)5-8-6-11(10)12-7-8/h1-4,8,11-12H,5-7H2. The summed E-state index contributed by atoms with van der Waals surface area (Å²) >= 11 is 0. The lowest BCUT2D eigenvalue weighted by atomic mass is 9.84. The van der Waals surface area contributed by atoms with Crippen LogP contribution in [0.1, 0.15) is 23.6 Å². The lowest BCUT2D eigenvalue weighted by Gasteiger charge is -2.21. The Morgan fingerprint density at radius 2 is 2.17 bits per heavy atom. The van der Waals surface area contributed by atoms with Crippen molar-refractivity contribution in [3.05, 3.63) is 35.4 Å². The Morgan fingerprint density at radius 3 is 3.17 bits per heavy atom.